The van der Waals surface area contributed by atoms with Gasteiger partial charge < -0.3 is 9.64 Å². The van der Waals surface area contributed by atoms with Gasteiger partial charge in [0.15, 0.2) is 0 Å². The molecule has 0 aliphatic carbocycles. The van der Waals surface area contributed by atoms with E-state index in [1.165, 1.54) is 0 Å². The fraction of sp³-hybridized carbons (Fsp3) is 0.714. The predicted molar refractivity (Wildman–Crippen MR) is 101 cm³/mol. The van der Waals surface area contributed by atoms with Gasteiger partial charge in [-0.05, 0) is 69.7 Å². The molecule has 1 spiro atoms. The molecular formula is C21H31N3O2. The number of pyridine rings is 1. The van der Waals surface area contributed by atoms with Crippen LogP contribution >= 0.6 is 0 Å². The Kier molecular flexibility index (Phi) is 5.55. The lowest BCUT2D eigenvalue weighted by Crippen LogP contribution is -2.39. The van der Waals surface area contributed by atoms with Crippen LogP contribution in [0.25, 0.3) is 0 Å². The summed E-state index contributed by atoms with van der Waals surface area (Å²) < 4.78 is 5.46. The highest BCUT2D eigenvalue weighted by Gasteiger charge is 2.47. The van der Waals surface area contributed by atoms with Gasteiger partial charge in [-0.2, -0.15) is 0 Å². The molecule has 1 amide bonds. The molecule has 3 aliphatic rings. The normalized spacial score (nSPS) is 28.6. The molecule has 1 unspecified atom stereocenters. The number of likely N-dealkylation sites (tertiary alicyclic amines) is 2. The van der Waals surface area contributed by atoms with Gasteiger partial charge in [-0.25, -0.2) is 0 Å². The van der Waals surface area contributed by atoms with Gasteiger partial charge in [-0.1, -0.05) is 6.07 Å². The standard InChI is InChI=1S/C21H31N3O2/c25-20-21(9-13-24(20)16-18-5-14-26-15-6-18)7-3-11-23(12-8-21)17-19-4-1-2-10-22-19/h1-2,4,10,18H,3,5-9,11-17H2. The van der Waals surface area contributed by atoms with Gasteiger partial charge >= 0.3 is 0 Å². The fourth-order valence-electron chi connectivity index (χ4n) is 4.90. The smallest absolute Gasteiger partial charge is 0.228 e. The minimum Gasteiger partial charge on any atom is -0.381 e. The summed E-state index contributed by atoms with van der Waals surface area (Å²) >= 11 is 0. The van der Waals surface area contributed by atoms with Gasteiger partial charge in [-0.15, -0.1) is 0 Å². The fourth-order valence-corrected chi connectivity index (χ4v) is 4.90. The van der Waals surface area contributed by atoms with Crippen LogP contribution in [0.5, 0.6) is 0 Å². The first-order valence-corrected chi connectivity index (χ1v) is 10.2. The summed E-state index contributed by atoms with van der Waals surface area (Å²) in [7, 11) is 0. The largest absolute Gasteiger partial charge is 0.381 e. The maximum atomic E-state index is 13.2. The molecule has 5 heteroatoms. The molecule has 142 valence electrons. The van der Waals surface area contributed by atoms with E-state index in [0.717, 1.165) is 90.2 Å². The molecule has 0 N–H and O–H groups in total. The molecule has 1 aromatic rings. The Morgan fingerprint density at radius 3 is 2.77 bits per heavy atom. The topological polar surface area (TPSA) is 45.7 Å². The Bertz CT molecular complexity index is 603. The van der Waals surface area contributed by atoms with Crippen LogP contribution < -0.4 is 0 Å². The van der Waals surface area contributed by atoms with E-state index in [9.17, 15) is 4.79 Å². The van der Waals surface area contributed by atoms with Crippen LogP contribution in [-0.2, 0) is 16.1 Å². The van der Waals surface area contributed by atoms with Crippen LogP contribution in [0.2, 0.25) is 0 Å². The highest BCUT2D eigenvalue weighted by atomic mass is 16.5. The van der Waals surface area contributed by atoms with Gasteiger partial charge in [-0.3, -0.25) is 14.7 Å². The summed E-state index contributed by atoms with van der Waals surface area (Å²) in [6, 6.07) is 6.11. The number of amides is 1. The van der Waals surface area contributed by atoms with Crippen molar-refractivity contribution in [2.24, 2.45) is 11.3 Å². The highest BCUT2D eigenvalue weighted by molar-refractivity contribution is 5.84. The first kappa shape index (κ1) is 17.9. The lowest BCUT2D eigenvalue weighted by molar-refractivity contribution is -0.137. The van der Waals surface area contributed by atoms with Crippen LogP contribution in [-0.4, -0.2) is 60.1 Å². The van der Waals surface area contributed by atoms with Crippen molar-refractivity contribution in [2.45, 2.75) is 45.1 Å². The van der Waals surface area contributed by atoms with Crippen LogP contribution in [0.3, 0.4) is 0 Å². The second-order valence-electron chi connectivity index (χ2n) is 8.29. The zero-order valence-electron chi connectivity index (χ0n) is 15.7. The Balaban J connectivity index is 1.34. The molecule has 3 aliphatic heterocycles. The monoisotopic (exact) mass is 357 g/mol. The van der Waals surface area contributed by atoms with Crippen LogP contribution in [0.4, 0.5) is 0 Å². The SMILES string of the molecule is O=C1N(CC2CCOCC2)CCC12CCCN(Cc1ccccn1)CC2. The average molecular weight is 357 g/mol. The number of carbonyl (C=O) groups excluding carboxylic acids is 1. The lowest BCUT2D eigenvalue weighted by atomic mass is 9.79. The molecule has 0 aromatic carbocycles. The molecular weight excluding hydrogens is 326 g/mol. The maximum absolute atomic E-state index is 13.2. The average Bonchev–Trinajstić information content (AvgIpc) is 2.85. The van der Waals surface area contributed by atoms with Crippen molar-refractivity contribution in [3.05, 3.63) is 30.1 Å². The third kappa shape index (κ3) is 3.94. The molecule has 1 aromatic heterocycles. The van der Waals surface area contributed by atoms with E-state index in [-0.39, 0.29) is 5.41 Å². The van der Waals surface area contributed by atoms with Gasteiger partial charge in [0.05, 0.1) is 11.1 Å². The van der Waals surface area contributed by atoms with Crippen LogP contribution in [0.1, 0.15) is 44.2 Å². The molecule has 3 saturated heterocycles. The summed E-state index contributed by atoms with van der Waals surface area (Å²) in [5.74, 6) is 1.07. The lowest BCUT2D eigenvalue weighted by Gasteiger charge is -2.30. The minimum absolute atomic E-state index is 0.0932. The third-order valence-corrected chi connectivity index (χ3v) is 6.57. The molecule has 0 saturated carbocycles. The highest BCUT2D eigenvalue weighted by Crippen LogP contribution is 2.42. The van der Waals surface area contributed by atoms with E-state index in [1.54, 1.807) is 0 Å². The van der Waals surface area contributed by atoms with Crippen molar-refractivity contribution in [1.82, 2.24) is 14.8 Å². The van der Waals surface area contributed by atoms with Crippen molar-refractivity contribution >= 4 is 5.91 Å². The van der Waals surface area contributed by atoms with Gasteiger partial charge in [0.2, 0.25) is 5.91 Å². The van der Waals surface area contributed by atoms with Gasteiger partial charge in [0.25, 0.3) is 0 Å². The summed E-state index contributed by atoms with van der Waals surface area (Å²) in [6.07, 6.45) is 8.29. The Morgan fingerprint density at radius 2 is 1.96 bits per heavy atom. The number of ether oxygens (including phenoxy) is 1. The maximum Gasteiger partial charge on any atom is 0.228 e. The molecule has 26 heavy (non-hydrogen) atoms. The van der Waals surface area contributed by atoms with Crippen LogP contribution in [0.15, 0.2) is 24.4 Å². The number of hydrogen-bond acceptors (Lipinski definition) is 4. The quantitative estimate of drug-likeness (QED) is 0.831. The number of carbonyl (C=O) groups is 1. The molecule has 3 fully saturated rings. The summed E-state index contributed by atoms with van der Waals surface area (Å²) in [5.41, 5.74) is 1.03. The van der Waals surface area contributed by atoms with Crippen molar-refractivity contribution in [3.63, 3.8) is 0 Å². The van der Waals surface area contributed by atoms with E-state index >= 15 is 0 Å². The molecule has 4 heterocycles. The van der Waals surface area contributed by atoms with E-state index in [4.69, 9.17) is 4.74 Å². The molecule has 4 rings (SSSR count). The summed E-state index contributed by atoms with van der Waals surface area (Å²) in [6.45, 7) is 6.61. The number of hydrogen-bond donors (Lipinski definition) is 0. The zero-order chi connectivity index (χ0) is 17.8. The number of nitrogens with zero attached hydrogens (tertiary/aromatic N) is 3. The molecule has 1 atom stereocenters. The Morgan fingerprint density at radius 1 is 1.12 bits per heavy atom. The molecule has 0 bridgehead atoms. The summed E-state index contributed by atoms with van der Waals surface area (Å²) in [4.78, 5) is 22.3. The predicted octanol–water partition coefficient (Wildman–Crippen LogP) is 2.71. The number of rotatable bonds is 4. The first-order chi connectivity index (χ1) is 12.8. The second-order valence-corrected chi connectivity index (χ2v) is 8.29. The van der Waals surface area contributed by atoms with E-state index < -0.39 is 0 Å². The third-order valence-electron chi connectivity index (χ3n) is 6.57. The first-order valence-electron chi connectivity index (χ1n) is 10.2. The summed E-state index contributed by atoms with van der Waals surface area (Å²) in [5, 5.41) is 0. The Labute approximate surface area is 156 Å². The van der Waals surface area contributed by atoms with E-state index in [0.29, 0.717) is 11.8 Å². The van der Waals surface area contributed by atoms with Crippen molar-refractivity contribution in [1.29, 1.82) is 0 Å². The zero-order valence-corrected chi connectivity index (χ0v) is 15.7. The second kappa shape index (κ2) is 8.05. The minimum atomic E-state index is -0.0932. The van der Waals surface area contributed by atoms with Gasteiger partial charge in [0, 0.05) is 39.0 Å². The van der Waals surface area contributed by atoms with Crippen molar-refractivity contribution < 1.29 is 9.53 Å². The Hall–Kier alpha value is -1.46. The van der Waals surface area contributed by atoms with E-state index in [1.807, 2.05) is 12.3 Å². The molecule has 5 nitrogen and oxygen atoms in total. The van der Waals surface area contributed by atoms with Gasteiger partial charge in [0.1, 0.15) is 0 Å². The van der Waals surface area contributed by atoms with Crippen LogP contribution in [0, 0.1) is 11.3 Å². The van der Waals surface area contributed by atoms with Crippen molar-refractivity contribution in [2.75, 3.05) is 39.4 Å². The van der Waals surface area contributed by atoms with Crippen molar-refractivity contribution in [3.8, 4) is 0 Å². The number of aromatic nitrogens is 1. The van der Waals surface area contributed by atoms with E-state index in [2.05, 4.69) is 26.9 Å². The molecule has 0 radical (unpaired) electrons.